The van der Waals surface area contributed by atoms with E-state index in [0.29, 0.717) is 0 Å². The summed E-state index contributed by atoms with van der Waals surface area (Å²) in [6.07, 6.45) is 24.4. The molecule has 22 heavy (non-hydrogen) atoms. The number of rotatable bonds is 18. The van der Waals surface area contributed by atoms with Crippen LogP contribution in [-0.4, -0.2) is 6.04 Å². The highest BCUT2D eigenvalue weighted by molar-refractivity contribution is 4.61. The third kappa shape index (κ3) is 18.0. The van der Waals surface area contributed by atoms with Gasteiger partial charge in [0.1, 0.15) is 0 Å². The Morgan fingerprint density at radius 1 is 0.455 bits per heavy atom. The highest BCUT2D eigenvalue weighted by Crippen LogP contribution is 2.14. The molecule has 0 fully saturated rings. The lowest BCUT2D eigenvalue weighted by Crippen LogP contribution is -2.08. The van der Waals surface area contributed by atoms with Crippen LogP contribution in [-0.2, 0) is 0 Å². The lowest BCUT2D eigenvalue weighted by atomic mass is 10.0. The first-order chi connectivity index (χ1) is 10.8. The Balaban J connectivity index is 3.11. The van der Waals surface area contributed by atoms with Crippen LogP contribution < -0.4 is 5.73 Å². The van der Waals surface area contributed by atoms with Gasteiger partial charge in [0.05, 0.1) is 0 Å². The van der Waals surface area contributed by atoms with Gasteiger partial charge < -0.3 is 0 Å². The van der Waals surface area contributed by atoms with Crippen LogP contribution in [0.1, 0.15) is 129 Å². The summed E-state index contributed by atoms with van der Waals surface area (Å²) in [6, 6.07) is 0.222. The molecule has 0 aromatic carbocycles. The maximum absolute atomic E-state index is 8.11. The molecule has 0 heterocycles. The third-order valence-electron chi connectivity index (χ3n) is 4.81. The van der Waals surface area contributed by atoms with E-state index >= 15 is 0 Å². The molecule has 1 nitrogen and oxygen atoms in total. The van der Waals surface area contributed by atoms with E-state index in [9.17, 15) is 0 Å². The van der Waals surface area contributed by atoms with Crippen molar-refractivity contribution in [2.45, 2.75) is 135 Å². The first kappa shape index (κ1) is 22.0. The van der Waals surface area contributed by atoms with E-state index < -0.39 is 0 Å². The Hall–Kier alpha value is -0.0400. The average molecular weight is 311 g/mol. The molecule has 0 saturated heterocycles. The van der Waals surface area contributed by atoms with Crippen molar-refractivity contribution in [1.29, 1.82) is 0 Å². The van der Waals surface area contributed by atoms with E-state index in [0.717, 1.165) is 12.8 Å². The predicted octanol–water partition coefficient (Wildman–Crippen LogP) is 7.70. The van der Waals surface area contributed by atoms with Crippen LogP contribution in [0, 0.1) is 0 Å². The standard InChI is InChI=1S/C21H44N/c1-3-5-7-9-11-13-15-17-19-21(22)20-18-16-14-12-10-8-6-4-2/h21-22H,3-20H2,1-2H3. The lowest BCUT2D eigenvalue weighted by Gasteiger charge is -2.10. The average Bonchev–Trinajstić information content (AvgIpc) is 2.52. The minimum atomic E-state index is 0.222. The van der Waals surface area contributed by atoms with Gasteiger partial charge in [0, 0.05) is 6.04 Å². The largest absolute Gasteiger partial charge is 0.255 e. The molecule has 0 aliphatic carbocycles. The van der Waals surface area contributed by atoms with E-state index in [-0.39, 0.29) is 6.04 Å². The fraction of sp³-hybridized carbons (Fsp3) is 1.00. The molecular formula is C21H44N. The molecule has 0 bridgehead atoms. The second-order valence-electron chi connectivity index (χ2n) is 7.22. The van der Waals surface area contributed by atoms with Gasteiger partial charge in [-0.15, -0.1) is 0 Å². The van der Waals surface area contributed by atoms with Crippen LogP contribution in [0.5, 0.6) is 0 Å². The van der Waals surface area contributed by atoms with Crippen molar-refractivity contribution < 1.29 is 0 Å². The highest BCUT2D eigenvalue weighted by atomic mass is 14.6. The molecule has 1 N–H and O–H groups in total. The van der Waals surface area contributed by atoms with E-state index in [1.165, 1.54) is 103 Å². The summed E-state index contributed by atoms with van der Waals surface area (Å²) < 4.78 is 0. The van der Waals surface area contributed by atoms with Crippen molar-refractivity contribution >= 4 is 0 Å². The van der Waals surface area contributed by atoms with Crippen molar-refractivity contribution in [3.63, 3.8) is 0 Å². The van der Waals surface area contributed by atoms with Crippen LogP contribution in [0.15, 0.2) is 0 Å². The highest BCUT2D eigenvalue weighted by Gasteiger charge is 2.03. The Labute approximate surface area is 141 Å². The molecule has 133 valence electrons. The number of nitrogens with one attached hydrogen (secondary N) is 1. The minimum absolute atomic E-state index is 0.222. The molecule has 0 rings (SSSR count). The maximum atomic E-state index is 8.11. The monoisotopic (exact) mass is 310 g/mol. The van der Waals surface area contributed by atoms with Crippen LogP contribution in [0.2, 0.25) is 0 Å². The number of hydrogen-bond acceptors (Lipinski definition) is 0. The molecule has 0 aromatic heterocycles. The first-order valence-corrected chi connectivity index (χ1v) is 10.5. The van der Waals surface area contributed by atoms with Gasteiger partial charge in [-0.1, -0.05) is 117 Å². The molecule has 0 aliphatic heterocycles. The Kier molecular flexibility index (Phi) is 19.0. The Bertz CT molecular complexity index is 170. The van der Waals surface area contributed by atoms with Crippen molar-refractivity contribution in [3.8, 4) is 0 Å². The van der Waals surface area contributed by atoms with E-state index in [1.54, 1.807) is 0 Å². The van der Waals surface area contributed by atoms with Gasteiger partial charge in [-0.3, -0.25) is 5.73 Å². The number of hydrogen-bond donors (Lipinski definition) is 0. The fourth-order valence-corrected chi connectivity index (χ4v) is 3.19. The molecule has 0 atom stereocenters. The molecule has 0 unspecified atom stereocenters. The zero-order chi connectivity index (χ0) is 16.3. The topological polar surface area (TPSA) is 23.8 Å². The van der Waals surface area contributed by atoms with Gasteiger partial charge in [0.2, 0.25) is 0 Å². The SMILES string of the molecule is CCCCCCCCCCC([NH])CCCCCCCCCC. The molecule has 1 heteroatoms. The second kappa shape index (κ2) is 19.0. The van der Waals surface area contributed by atoms with E-state index in [1.807, 2.05) is 0 Å². The van der Waals surface area contributed by atoms with Crippen molar-refractivity contribution in [2.24, 2.45) is 0 Å². The Morgan fingerprint density at radius 2 is 0.727 bits per heavy atom. The molecule has 0 amide bonds. The second-order valence-corrected chi connectivity index (χ2v) is 7.22. The fourth-order valence-electron chi connectivity index (χ4n) is 3.19. The molecule has 1 radical (unpaired) electrons. The zero-order valence-corrected chi connectivity index (χ0v) is 15.8. The van der Waals surface area contributed by atoms with Gasteiger partial charge >= 0.3 is 0 Å². The van der Waals surface area contributed by atoms with Crippen LogP contribution in [0.3, 0.4) is 0 Å². The summed E-state index contributed by atoms with van der Waals surface area (Å²) in [7, 11) is 0. The molecule has 0 aliphatic rings. The van der Waals surface area contributed by atoms with Gasteiger partial charge in [-0.2, -0.15) is 0 Å². The van der Waals surface area contributed by atoms with Gasteiger partial charge in [0.25, 0.3) is 0 Å². The summed E-state index contributed by atoms with van der Waals surface area (Å²) in [6.45, 7) is 4.56. The minimum Gasteiger partial charge on any atom is -0.255 e. The smallest absolute Gasteiger partial charge is 0.0213 e. The summed E-state index contributed by atoms with van der Waals surface area (Å²) in [5, 5.41) is 0. The van der Waals surface area contributed by atoms with Crippen LogP contribution >= 0.6 is 0 Å². The van der Waals surface area contributed by atoms with Crippen molar-refractivity contribution in [3.05, 3.63) is 0 Å². The van der Waals surface area contributed by atoms with E-state index in [2.05, 4.69) is 13.8 Å². The summed E-state index contributed by atoms with van der Waals surface area (Å²) in [5.74, 6) is 0. The van der Waals surface area contributed by atoms with Crippen LogP contribution in [0.25, 0.3) is 0 Å². The first-order valence-electron chi connectivity index (χ1n) is 10.5. The van der Waals surface area contributed by atoms with Gasteiger partial charge in [-0.25, -0.2) is 0 Å². The lowest BCUT2D eigenvalue weighted by molar-refractivity contribution is 0.472. The molecule has 0 saturated carbocycles. The Morgan fingerprint density at radius 3 is 1.05 bits per heavy atom. The van der Waals surface area contributed by atoms with Gasteiger partial charge in [-0.05, 0) is 12.8 Å². The normalized spacial score (nSPS) is 11.5. The van der Waals surface area contributed by atoms with E-state index in [4.69, 9.17) is 5.73 Å². The predicted molar refractivity (Wildman–Crippen MR) is 101 cm³/mol. The molecular weight excluding hydrogens is 266 g/mol. The number of unbranched alkanes of at least 4 members (excludes halogenated alkanes) is 14. The van der Waals surface area contributed by atoms with Crippen LogP contribution in [0.4, 0.5) is 0 Å². The zero-order valence-electron chi connectivity index (χ0n) is 15.8. The van der Waals surface area contributed by atoms with Crippen molar-refractivity contribution in [2.75, 3.05) is 0 Å². The molecule has 0 aromatic rings. The summed E-state index contributed by atoms with van der Waals surface area (Å²) in [4.78, 5) is 0. The molecule has 0 spiro atoms. The quantitative estimate of drug-likeness (QED) is 0.232. The van der Waals surface area contributed by atoms with Crippen molar-refractivity contribution in [1.82, 2.24) is 5.73 Å². The maximum Gasteiger partial charge on any atom is 0.0213 e. The summed E-state index contributed by atoms with van der Waals surface area (Å²) >= 11 is 0. The van der Waals surface area contributed by atoms with Gasteiger partial charge in [0.15, 0.2) is 0 Å². The third-order valence-corrected chi connectivity index (χ3v) is 4.81. The summed E-state index contributed by atoms with van der Waals surface area (Å²) in [5.41, 5.74) is 8.11.